The molecule has 2 aromatic carbocycles. The number of nitrogens with zero attached hydrogens (tertiary/aromatic N) is 1. The van der Waals surface area contributed by atoms with Crippen LogP contribution in [0.2, 0.25) is 0 Å². The molecule has 2 aromatic heterocycles. The zero-order valence-corrected chi connectivity index (χ0v) is 18.2. The molecule has 0 saturated carbocycles. The SMILES string of the molecule is O=C(NCCc1c[nH]c2ccccc12)C(=O)NC[C@@H](c1ccco1)N1CCc2ccccc21. The largest absolute Gasteiger partial charge is 0.467 e. The number of nitrogens with one attached hydrogen (secondary N) is 3. The van der Waals surface area contributed by atoms with Crippen LogP contribution in [0.15, 0.2) is 77.5 Å². The number of para-hydroxylation sites is 2. The molecule has 33 heavy (non-hydrogen) atoms. The molecule has 0 fully saturated rings. The quantitative estimate of drug-likeness (QED) is 0.383. The van der Waals surface area contributed by atoms with Crippen molar-refractivity contribution in [2.45, 2.75) is 18.9 Å². The third-order valence-corrected chi connectivity index (χ3v) is 6.19. The lowest BCUT2D eigenvalue weighted by Gasteiger charge is -2.29. The van der Waals surface area contributed by atoms with Crippen LogP contribution in [0.3, 0.4) is 0 Å². The summed E-state index contributed by atoms with van der Waals surface area (Å²) in [6.45, 7) is 1.49. The maximum atomic E-state index is 12.5. The van der Waals surface area contributed by atoms with Crippen LogP contribution in [-0.2, 0) is 22.4 Å². The van der Waals surface area contributed by atoms with Crippen molar-refractivity contribution in [1.82, 2.24) is 15.6 Å². The van der Waals surface area contributed by atoms with Gasteiger partial charge in [0.05, 0.1) is 6.26 Å². The Morgan fingerprint density at radius 3 is 2.70 bits per heavy atom. The summed E-state index contributed by atoms with van der Waals surface area (Å²) in [7, 11) is 0. The van der Waals surface area contributed by atoms with Crippen molar-refractivity contribution in [3.63, 3.8) is 0 Å². The molecule has 0 radical (unpaired) electrons. The third-order valence-electron chi connectivity index (χ3n) is 6.19. The number of anilines is 1. The minimum atomic E-state index is -0.641. The predicted molar refractivity (Wildman–Crippen MR) is 127 cm³/mol. The molecular formula is C26H26N4O3. The zero-order chi connectivity index (χ0) is 22.6. The van der Waals surface area contributed by atoms with E-state index in [1.165, 1.54) is 5.56 Å². The van der Waals surface area contributed by atoms with Crippen molar-refractivity contribution in [1.29, 1.82) is 0 Å². The first kappa shape index (κ1) is 20.9. The molecular weight excluding hydrogens is 416 g/mol. The van der Waals surface area contributed by atoms with Gasteiger partial charge in [-0.05, 0) is 48.2 Å². The maximum absolute atomic E-state index is 12.5. The van der Waals surface area contributed by atoms with Crippen LogP contribution >= 0.6 is 0 Å². The number of benzene rings is 2. The lowest BCUT2D eigenvalue weighted by Crippen LogP contribution is -2.44. The van der Waals surface area contributed by atoms with E-state index in [1.54, 1.807) is 6.26 Å². The molecule has 1 aliphatic rings. The average Bonchev–Trinajstić information content (AvgIpc) is 3.60. The summed E-state index contributed by atoms with van der Waals surface area (Å²) in [6.07, 6.45) is 5.15. The van der Waals surface area contributed by atoms with Crippen LogP contribution in [0.4, 0.5) is 5.69 Å². The molecule has 5 rings (SSSR count). The van der Waals surface area contributed by atoms with E-state index < -0.39 is 11.8 Å². The highest BCUT2D eigenvalue weighted by molar-refractivity contribution is 6.35. The Hall–Kier alpha value is -4.00. The molecule has 7 heteroatoms. The maximum Gasteiger partial charge on any atom is 0.309 e. The minimum Gasteiger partial charge on any atom is -0.467 e. The molecule has 0 aliphatic carbocycles. The van der Waals surface area contributed by atoms with Crippen LogP contribution in [0.5, 0.6) is 0 Å². The molecule has 7 nitrogen and oxygen atoms in total. The Morgan fingerprint density at radius 1 is 1.00 bits per heavy atom. The van der Waals surface area contributed by atoms with Gasteiger partial charge in [-0.2, -0.15) is 0 Å². The minimum absolute atomic E-state index is 0.188. The van der Waals surface area contributed by atoms with Gasteiger partial charge in [-0.15, -0.1) is 0 Å². The Bertz CT molecular complexity index is 1260. The monoisotopic (exact) mass is 442 g/mol. The topological polar surface area (TPSA) is 90.4 Å². The summed E-state index contributed by atoms with van der Waals surface area (Å²) < 4.78 is 5.66. The average molecular weight is 443 g/mol. The molecule has 3 N–H and O–H groups in total. The molecule has 1 aliphatic heterocycles. The van der Waals surface area contributed by atoms with Gasteiger partial charge in [0.1, 0.15) is 11.8 Å². The number of aromatic amines is 1. The van der Waals surface area contributed by atoms with Crippen molar-refractivity contribution in [2.24, 2.45) is 0 Å². The van der Waals surface area contributed by atoms with E-state index in [1.807, 2.05) is 54.7 Å². The molecule has 1 atom stereocenters. The Kier molecular flexibility index (Phi) is 5.85. The molecule has 0 spiro atoms. The van der Waals surface area contributed by atoms with Gasteiger partial charge in [-0.25, -0.2) is 0 Å². The highest BCUT2D eigenvalue weighted by Crippen LogP contribution is 2.34. The molecule has 0 saturated heterocycles. The fraction of sp³-hybridized carbons (Fsp3) is 0.231. The van der Waals surface area contributed by atoms with Crippen molar-refractivity contribution >= 4 is 28.4 Å². The van der Waals surface area contributed by atoms with Crippen molar-refractivity contribution in [2.75, 3.05) is 24.5 Å². The number of carbonyl (C=O) groups is 2. The number of H-pyrrole nitrogens is 1. The number of hydrogen-bond donors (Lipinski definition) is 3. The van der Waals surface area contributed by atoms with Crippen molar-refractivity contribution in [3.8, 4) is 0 Å². The lowest BCUT2D eigenvalue weighted by molar-refractivity contribution is -0.139. The number of amides is 2. The van der Waals surface area contributed by atoms with Crippen LogP contribution in [-0.4, -0.2) is 36.4 Å². The molecule has 0 bridgehead atoms. The standard InChI is InChI=1S/C26H26N4O3/c31-25(27-13-11-19-16-28-21-8-3-2-7-20(19)21)26(32)29-17-23(24-10-5-15-33-24)30-14-12-18-6-1-4-9-22(18)30/h1-10,15-16,23,28H,11-14,17H2,(H,27,31)(H,29,32)/t23-/m0/s1. The van der Waals surface area contributed by atoms with E-state index in [2.05, 4.69) is 32.7 Å². The normalized spacial score (nSPS) is 13.6. The summed E-state index contributed by atoms with van der Waals surface area (Å²) in [6, 6.07) is 19.8. The number of rotatable bonds is 7. The Morgan fingerprint density at radius 2 is 1.82 bits per heavy atom. The Balaban J connectivity index is 1.18. The van der Waals surface area contributed by atoms with Gasteiger partial charge < -0.3 is 24.9 Å². The Labute approximate surface area is 191 Å². The van der Waals surface area contributed by atoms with Gasteiger partial charge in [-0.1, -0.05) is 36.4 Å². The summed E-state index contributed by atoms with van der Waals surface area (Å²) in [5.74, 6) is -0.514. The van der Waals surface area contributed by atoms with Gasteiger partial charge in [0.2, 0.25) is 0 Å². The van der Waals surface area contributed by atoms with Gasteiger partial charge in [-0.3, -0.25) is 9.59 Å². The second-order valence-corrected chi connectivity index (χ2v) is 8.18. The van der Waals surface area contributed by atoms with Crippen LogP contribution in [0, 0.1) is 0 Å². The number of aromatic nitrogens is 1. The molecule has 0 unspecified atom stereocenters. The molecule has 168 valence electrons. The second kappa shape index (κ2) is 9.24. The van der Waals surface area contributed by atoms with E-state index in [4.69, 9.17) is 4.42 Å². The van der Waals surface area contributed by atoms with Gasteiger partial charge >= 0.3 is 11.8 Å². The highest BCUT2D eigenvalue weighted by Gasteiger charge is 2.29. The molecule has 3 heterocycles. The first-order valence-electron chi connectivity index (χ1n) is 11.2. The van der Waals surface area contributed by atoms with Crippen LogP contribution in [0.25, 0.3) is 10.9 Å². The van der Waals surface area contributed by atoms with E-state index >= 15 is 0 Å². The van der Waals surface area contributed by atoms with Crippen molar-refractivity contribution < 1.29 is 14.0 Å². The smallest absolute Gasteiger partial charge is 0.309 e. The lowest BCUT2D eigenvalue weighted by atomic mass is 10.1. The van der Waals surface area contributed by atoms with E-state index in [-0.39, 0.29) is 12.6 Å². The van der Waals surface area contributed by atoms with Gasteiger partial charge in [0, 0.05) is 42.4 Å². The summed E-state index contributed by atoms with van der Waals surface area (Å²) >= 11 is 0. The van der Waals surface area contributed by atoms with E-state index in [0.717, 1.165) is 40.9 Å². The third kappa shape index (κ3) is 4.35. The summed E-state index contributed by atoms with van der Waals surface area (Å²) in [5.41, 5.74) is 4.58. The van der Waals surface area contributed by atoms with Crippen LogP contribution in [0.1, 0.15) is 22.9 Å². The number of fused-ring (bicyclic) bond motifs is 2. The van der Waals surface area contributed by atoms with E-state index in [0.29, 0.717) is 13.0 Å². The number of hydrogen-bond acceptors (Lipinski definition) is 4. The second-order valence-electron chi connectivity index (χ2n) is 8.18. The zero-order valence-electron chi connectivity index (χ0n) is 18.2. The van der Waals surface area contributed by atoms with Crippen LogP contribution < -0.4 is 15.5 Å². The number of furan rings is 1. The first-order chi connectivity index (χ1) is 16.2. The molecule has 4 aromatic rings. The molecule has 2 amide bonds. The summed E-state index contributed by atoms with van der Waals surface area (Å²) in [5, 5.41) is 6.65. The first-order valence-corrected chi connectivity index (χ1v) is 11.2. The van der Waals surface area contributed by atoms with Gasteiger partial charge in [0.15, 0.2) is 0 Å². The van der Waals surface area contributed by atoms with Crippen molar-refractivity contribution in [3.05, 3.63) is 90.0 Å². The van der Waals surface area contributed by atoms with Gasteiger partial charge in [0.25, 0.3) is 0 Å². The fourth-order valence-electron chi connectivity index (χ4n) is 4.53. The number of carbonyl (C=O) groups excluding carboxylic acids is 2. The van der Waals surface area contributed by atoms with E-state index in [9.17, 15) is 9.59 Å². The highest BCUT2D eigenvalue weighted by atomic mass is 16.3. The fourth-order valence-corrected chi connectivity index (χ4v) is 4.53. The predicted octanol–water partition coefficient (Wildman–Crippen LogP) is 3.34. The summed E-state index contributed by atoms with van der Waals surface area (Å²) in [4.78, 5) is 30.3.